The fourth-order valence-electron chi connectivity index (χ4n) is 0.816. The van der Waals surface area contributed by atoms with Gasteiger partial charge in [0.1, 0.15) is 5.75 Å². The molecule has 2 heterocycles. The van der Waals surface area contributed by atoms with Crippen molar-refractivity contribution in [1.82, 2.24) is 15.0 Å². The maximum atomic E-state index is 10.3. The standard InChI is InChI=1S/C5H5NO2.C4H4N2O2/c7-4-1-2-6-5(8)3-4;7-3-1-2-5-4(8)6-3/h1-3H,(H2,6,7,8);1-2H,(H2,5,6,7,8). The monoisotopic (exact) mass is 223 g/mol. The van der Waals surface area contributed by atoms with Crippen molar-refractivity contribution < 1.29 is 5.11 Å². The minimum Gasteiger partial charge on any atom is -0.508 e. The molecule has 0 radical (unpaired) electrons. The molecular weight excluding hydrogens is 214 g/mol. The van der Waals surface area contributed by atoms with Gasteiger partial charge in [-0.3, -0.25) is 14.6 Å². The van der Waals surface area contributed by atoms with Gasteiger partial charge < -0.3 is 15.1 Å². The van der Waals surface area contributed by atoms with Crippen molar-refractivity contribution >= 4 is 0 Å². The van der Waals surface area contributed by atoms with Crippen LogP contribution in [0.25, 0.3) is 0 Å². The molecule has 0 amide bonds. The Kier molecular flexibility index (Phi) is 3.84. The number of pyridine rings is 1. The van der Waals surface area contributed by atoms with E-state index in [1.807, 2.05) is 4.98 Å². The number of H-pyrrole nitrogens is 3. The molecule has 0 spiro atoms. The van der Waals surface area contributed by atoms with Gasteiger partial charge in [-0.25, -0.2) is 4.79 Å². The van der Waals surface area contributed by atoms with Crippen LogP contribution < -0.4 is 16.8 Å². The van der Waals surface area contributed by atoms with Gasteiger partial charge in [0, 0.05) is 24.5 Å². The van der Waals surface area contributed by atoms with Crippen LogP contribution in [0.3, 0.4) is 0 Å². The summed E-state index contributed by atoms with van der Waals surface area (Å²) >= 11 is 0. The summed E-state index contributed by atoms with van der Waals surface area (Å²) in [5, 5.41) is 8.59. The highest BCUT2D eigenvalue weighted by molar-refractivity contribution is 5.14. The van der Waals surface area contributed by atoms with Gasteiger partial charge in [0.25, 0.3) is 11.1 Å². The zero-order valence-corrected chi connectivity index (χ0v) is 8.06. The van der Waals surface area contributed by atoms with E-state index in [0.29, 0.717) is 0 Å². The van der Waals surface area contributed by atoms with Crippen LogP contribution in [0.15, 0.2) is 45.0 Å². The molecule has 84 valence electrons. The summed E-state index contributed by atoms with van der Waals surface area (Å²) in [6.07, 6.45) is 2.68. The molecule has 4 N–H and O–H groups in total. The Hall–Kier alpha value is -2.57. The van der Waals surface area contributed by atoms with Crippen molar-refractivity contribution in [2.45, 2.75) is 0 Å². The van der Waals surface area contributed by atoms with E-state index in [1.165, 1.54) is 24.5 Å². The first-order chi connectivity index (χ1) is 7.58. The highest BCUT2D eigenvalue weighted by atomic mass is 16.3. The van der Waals surface area contributed by atoms with Crippen molar-refractivity contribution in [1.29, 1.82) is 0 Å². The largest absolute Gasteiger partial charge is 0.508 e. The smallest absolute Gasteiger partial charge is 0.325 e. The normalized spacial score (nSPS) is 9.00. The molecule has 7 nitrogen and oxygen atoms in total. The van der Waals surface area contributed by atoms with Gasteiger partial charge in [-0.2, -0.15) is 0 Å². The van der Waals surface area contributed by atoms with E-state index in [-0.39, 0.29) is 16.9 Å². The third-order valence-corrected chi connectivity index (χ3v) is 1.44. The SMILES string of the molecule is O=c1cc(O)cc[nH]1.O=c1cc[nH]c(=O)[nH]1. The Labute approximate surface area is 88.4 Å². The molecule has 0 saturated carbocycles. The van der Waals surface area contributed by atoms with Crippen molar-refractivity contribution in [2.24, 2.45) is 0 Å². The van der Waals surface area contributed by atoms with E-state index in [0.717, 1.165) is 6.07 Å². The minimum atomic E-state index is -0.475. The first-order valence-electron chi connectivity index (χ1n) is 4.23. The fraction of sp³-hybridized carbons (Fsp3) is 0. The van der Waals surface area contributed by atoms with Crippen LogP contribution in [0.1, 0.15) is 0 Å². The molecule has 0 aliphatic rings. The van der Waals surface area contributed by atoms with Crippen LogP contribution >= 0.6 is 0 Å². The number of aromatic nitrogens is 3. The van der Waals surface area contributed by atoms with Crippen molar-refractivity contribution in [3.05, 3.63) is 61.8 Å². The van der Waals surface area contributed by atoms with Crippen LogP contribution in [0.2, 0.25) is 0 Å². The van der Waals surface area contributed by atoms with Crippen LogP contribution in [0, 0.1) is 0 Å². The quantitative estimate of drug-likeness (QED) is 0.464. The molecule has 2 aromatic rings. The van der Waals surface area contributed by atoms with Crippen LogP contribution in [-0.2, 0) is 0 Å². The van der Waals surface area contributed by atoms with E-state index in [4.69, 9.17) is 5.11 Å². The van der Waals surface area contributed by atoms with Gasteiger partial charge in [-0.15, -0.1) is 0 Å². The molecule has 0 saturated heterocycles. The first kappa shape index (κ1) is 11.5. The number of hydrogen-bond acceptors (Lipinski definition) is 4. The second-order valence-electron chi connectivity index (χ2n) is 2.71. The minimum absolute atomic E-state index is 0.00579. The molecule has 0 aliphatic carbocycles. The lowest BCUT2D eigenvalue weighted by Gasteiger charge is -1.83. The van der Waals surface area contributed by atoms with E-state index in [9.17, 15) is 14.4 Å². The Morgan fingerprint density at radius 2 is 1.62 bits per heavy atom. The van der Waals surface area contributed by atoms with E-state index in [2.05, 4.69) is 9.97 Å². The van der Waals surface area contributed by atoms with Crippen molar-refractivity contribution in [3.8, 4) is 5.75 Å². The third-order valence-electron chi connectivity index (χ3n) is 1.44. The van der Waals surface area contributed by atoms with Gasteiger partial charge in [0.2, 0.25) is 0 Å². The van der Waals surface area contributed by atoms with Gasteiger partial charge in [0.15, 0.2) is 0 Å². The predicted octanol–water partition coefficient (Wildman–Crippen LogP) is -0.856. The van der Waals surface area contributed by atoms with Gasteiger partial charge in [0.05, 0.1) is 0 Å². The number of rotatable bonds is 0. The molecular formula is C9H9N3O4. The Bertz CT molecular complexity index is 585. The molecule has 0 fully saturated rings. The maximum Gasteiger partial charge on any atom is 0.325 e. The van der Waals surface area contributed by atoms with E-state index >= 15 is 0 Å². The second-order valence-corrected chi connectivity index (χ2v) is 2.71. The second kappa shape index (κ2) is 5.35. The van der Waals surface area contributed by atoms with Crippen molar-refractivity contribution in [2.75, 3.05) is 0 Å². The lowest BCUT2D eigenvalue weighted by Crippen LogP contribution is -2.19. The first-order valence-corrected chi connectivity index (χ1v) is 4.23. The molecule has 0 aromatic carbocycles. The molecule has 0 atom stereocenters. The van der Waals surface area contributed by atoms with Gasteiger partial charge >= 0.3 is 5.69 Å². The summed E-state index contributed by atoms with van der Waals surface area (Å²) in [6.45, 7) is 0. The van der Waals surface area contributed by atoms with Crippen LogP contribution in [0.5, 0.6) is 5.75 Å². The number of aromatic amines is 3. The average molecular weight is 223 g/mol. The topological polar surface area (TPSA) is 119 Å². The molecule has 0 bridgehead atoms. The van der Waals surface area contributed by atoms with Gasteiger partial charge in [-0.05, 0) is 6.07 Å². The Morgan fingerprint density at radius 1 is 0.938 bits per heavy atom. The summed E-state index contributed by atoms with van der Waals surface area (Å²) in [6, 6.07) is 3.75. The zero-order valence-electron chi connectivity index (χ0n) is 8.06. The lowest BCUT2D eigenvalue weighted by atomic mass is 10.5. The maximum absolute atomic E-state index is 10.3. The lowest BCUT2D eigenvalue weighted by molar-refractivity contribution is 0.473. The summed E-state index contributed by atoms with van der Waals surface area (Å²) in [4.78, 5) is 37.3. The molecule has 7 heteroatoms. The zero-order chi connectivity index (χ0) is 12.0. The number of aromatic hydroxyl groups is 1. The van der Waals surface area contributed by atoms with Crippen LogP contribution in [-0.4, -0.2) is 20.1 Å². The molecule has 0 unspecified atom stereocenters. The summed E-state index contributed by atoms with van der Waals surface area (Å²) < 4.78 is 0. The Balaban J connectivity index is 0.000000160. The molecule has 2 aromatic heterocycles. The van der Waals surface area contributed by atoms with Crippen LogP contribution in [0.4, 0.5) is 0 Å². The Morgan fingerprint density at radius 3 is 2.00 bits per heavy atom. The van der Waals surface area contributed by atoms with Gasteiger partial charge in [-0.1, -0.05) is 0 Å². The van der Waals surface area contributed by atoms with Crippen molar-refractivity contribution in [3.63, 3.8) is 0 Å². The average Bonchev–Trinajstić information content (AvgIpc) is 2.17. The predicted molar refractivity (Wildman–Crippen MR) is 56.4 cm³/mol. The summed E-state index contributed by atoms with van der Waals surface area (Å²) in [5.41, 5.74) is -1.14. The highest BCUT2D eigenvalue weighted by Gasteiger charge is 1.82. The highest BCUT2D eigenvalue weighted by Crippen LogP contribution is 1.97. The fourth-order valence-corrected chi connectivity index (χ4v) is 0.816. The number of hydrogen-bond donors (Lipinski definition) is 4. The van der Waals surface area contributed by atoms with E-state index in [1.54, 1.807) is 0 Å². The number of nitrogens with one attached hydrogen (secondary N) is 3. The molecule has 16 heavy (non-hydrogen) atoms. The summed E-state index contributed by atoms with van der Waals surface area (Å²) in [5.74, 6) is -0.00579. The third kappa shape index (κ3) is 4.09. The summed E-state index contributed by atoms with van der Waals surface area (Å²) in [7, 11) is 0. The molecule has 2 rings (SSSR count). The van der Waals surface area contributed by atoms with E-state index < -0.39 is 5.69 Å². The molecule has 0 aliphatic heterocycles.